The second-order valence-corrected chi connectivity index (χ2v) is 6.29. The van der Waals surface area contributed by atoms with Crippen molar-refractivity contribution in [3.63, 3.8) is 0 Å². The van der Waals surface area contributed by atoms with Gasteiger partial charge >= 0.3 is 0 Å². The van der Waals surface area contributed by atoms with Crippen LogP contribution in [0.25, 0.3) is 10.6 Å². The van der Waals surface area contributed by atoms with Crippen molar-refractivity contribution in [3.05, 3.63) is 34.4 Å². The molecule has 0 saturated heterocycles. The van der Waals surface area contributed by atoms with Crippen molar-refractivity contribution in [3.8, 4) is 10.6 Å². The van der Waals surface area contributed by atoms with Crippen molar-refractivity contribution in [2.75, 3.05) is 11.0 Å². The van der Waals surface area contributed by atoms with E-state index in [1.165, 1.54) is 12.1 Å². The highest BCUT2D eigenvalue weighted by Gasteiger charge is 2.18. The lowest BCUT2D eigenvalue weighted by Gasteiger charge is -1.97. The molecular formula is C9H8N4O4S2. The van der Waals surface area contributed by atoms with Crippen LogP contribution >= 0.6 is 11.3 Å². The number of nitrogens with one attached hydrogen (secondary N) is 1. The maximum absolute atomic E-state index is 11.0. The smallest absolute Gasteiger partial charge is 0.258 e. The van der Waals surface area contributed by atoms with E-state index in [2.05, 4.69) is 14.9 Å². The van der Waals surface area contributed by atoms with Crippen LogP contribution in [0.15, 0.2) is 24.3 Å². The van der Waals surface area contributed by atoms with Gasteiger partial charge in [0.1, 0.15) is 0 Å². The first kappa shape index (κ1) is 13.4. The van der Waals surface area contributed by atoms with E-state index in [9.17, 15) is 18.5 Å². The number of benzene rings is 1. The Morgan fingerprint density at radius 1 is 1.32 bits per heavy atom. The fourth-order valence-electron chi connectivity index (χ4n) is 1.35. The van der Waals surface area contributed by atoms with Gasteiger partial charge < -0.3 is 0 Å². The van der Waals surface area contributed by atoms with Crippen molar-refractivity contribution in [2.24, 2.45) is 0 Å². The van der Waals surface area contributed by atoms with Gasteiger partial charge in [0.05, 0.1) is 16.7 Å². The van der Waals surface area contributed by atoms with E-state index < -0.39 is 14.9 Å². The van der Waals surface area contributed by atoms with Crippen molar-refractivity contribution in [1.29, 1.82) is 0 Å². The summed E-state index contributed by atoms with van der Waals surface area (Å²) < 4.78 is 24.2. The largest absolute Gasteiger partial charge is 0.279 e. The zero-order valence-corrected chi connectivity index (χ0v) is 11.2. The number of para-hydroxylation sites is 1. The summed E-state index contributed by atoms with van der Waals surface area (Å²) in [5.74, 6) is 0. The lowest BCUT2D eigenvalue weighted by atomic mass is 10.2. The Kier molecular flexibility index (Phi) is 3.44. The van der Waals surface area contributed by atoms with Crippen LogP contribution in [0.5, 0.6) is 0 Å². The number of aromatic nitrogens is 2. The molecule has 0 spiro atoms. The quantitative estimate of drug-likeness (QED) is 0.675. The zero-order valence-electron chi connectivity index (χ0n) is 9.60. The molecule has 0 bridgehead atoms. The molecule has 0 aliphatic heterocycles. The Balaban J connectivity index is 2.41. The molecule has 0 unspecified atom stereocenters. The normalized spacial score (nSPS) is 11.2. The van der Waals surface area contributed by atoms with Crippen LogP contribution in [-0.4, -0.2) is 29.8 Å². The minimum absolute atomic E-state index is 0.0654. The predicted molar refractivity (Wildman–Crippen MR) is 70.5 cm³/mol. The summed E-state index contributed by atoms with van der Waals surface area (Å²) in [5, 5.41) is 18.6. The Hall–Kier alpha value is -2.07. The molecule has 8 nitrogen and oxygen atoms in total. The Morgan fingerprint density at radius 3 is 2.63 bits per heavy atom. The summed E-state index contributed by atoms with van der Waals surface area (Å²) in [6.45, 7) is 0. The van der Waals surface area contributed by atoms with E-state index in [1.54, 1.807) is 12.1 Å². The molecule has 2 aromatic rings. The van der Waals surface area contributed by atoms with Crippen LogP contribution in [0.2, 0.25) is 0 Å². The zero-order chi connectivity index (χ0) is 14.0. The van der Waals surface area contributed by atoms with Crippen LogP contribution in [0.3, 0.4) is 0 Å². The molecule has 0 aliphatic rings. The molecule has 0 aliphatic carbocycles. The second kappa shape index (κ2) is 4.90. The number of hydrogen-bond acceptors (Lipinski definition) is 7. The predicted octanol–water partition coefficient (Wildman–Crippen LogP) is 1.48. The number of nitro benzene ring substituents is 1. The summed E-state index contributed by atoms with van der Waals surface area (Å²) in [4.78, 5) is 10.4. The summed E-state index contributed by atoms with van der Waals surface area (Å²) in [7, 11) is -3.45. The fourth-order valence-corrected chi connectivity index (χ4v) is 2.95. The van der Waals surface area contributed by atoms with Crippen LogP contribution in [-0.2, 0) is 10.0 Å². The molecule has 10 heteroatoms. The third kappa shape index (κ3) is 3.23. The first-order valence-corrected chi connectivity index (χ1v) is 7.63. The van der Waals surface area contributed by atoms with Crippen LogP contribution in [0, 0.1) is 10.1 Å². The first-order valence-electron chi connectivity index (χ1n) is 4.92. The van der Waals surface area contributed by atoms with Gasteiger partial charge in [-0.3, -0.25) is 14.8 Å². The van der Waals surface area contributed by atoms with Crippen LogP contribution in [0.1, 0.15) is 0 Å². The van der Waals surface area contributed by atoms with Gasteiger partial charge in [0, 0.05) is 6.07 Å². The number of anilines is 1. The van der Waals surface area contributed by atoms with Crippen LogP contribution in [0.4, 0.5) is 10.8 Å². The number of nitrogens with zero attached hydrogens (tertiary/aromatic N) is 3. The molecule has 0 saturated carbocycles. The van der Waals surface area contributed by atoms with Gasteiger partial charge in [-0.15, -0.1) is 10.2 Å². The minimum atomic E-state index is -3.45. The van der Waals surface area contributed by atoms with Crippen molar-refractivity contribution in [1.82, 2.24) is 10.2 Å². The molecule has 0 atom stereocenters. The Labute approximate surface area is 112 Å². The first-order chi connectivity index (χ1) is 8.87. The lowest BCUT2D eigenvalue weighted by Crippen LogP contribution is -2.08. The highest BCUT2D eigenvalue weighted by Crippen LogP contribution is 2.33. The molecule has 0 fully saturated rings. The SMILES string of the molecule is CS(=O)(=O)Nc1nnc(-c2ccccc2[N+](=O)[O-])s1. The molecule has 2 rings (SSSR count). The van der Waals surface area contributed by atoms with E-state index in [0.29, 0.717) is 5.56 Å². The van der Waals surface area contributed by atoms with Gasteiger partial charge in [-0.05, 0) is 6.07 Å². The maximum Gasteiger partial charge on any atom is 0.279 e. The number of rotatable bonds is 4. The van der Waals surface area contributed by atoms with Crippen LogP contribution < -0.4 is 4.72 Å². The van der Waals surface area contributed by atoms with Gasteiger partial charge in [0.25, 0.3) is 5.69 Å². The second-order valence-electron chi connectivity index (χ2n) is 3.56. The fraction of sp³-hybridized carbons (Fsp3) is 0.111. The molecule has 1 heterocycles. The molecule has 19 heavy (non-hydrogen) atoms. The van der Waals surface area contributed by atoms with Crippen molar-refractivity contribution in [2.45, 2.75) is 0 Å². The average Bonchev–Trinajstić information content (AvgIpc) is 2.75. The van der Waals surface area contributed by atoms with Crippen molar-refractivity contribution >= 4 is 32.2 Å². The van der Waals surface area contributed by atoms with E-state index in [0.717, 1.165) is 17.6 Å². The Bertz CT molecular complexity index is 725. The average molecular weight is 300 g/mol. The maximum atomic E-state index is 11.0. The molecule has 100 valence electrons. The molecule has 1 N–H and O–H groups in total. The topological polar surface area (TPSA) is 115 Å². The van der Waals surface area contributed by atoms with E-state index >= 15 is 0 Å². The molecule has 1 aromatic carbocycles. The molecular weight excluding hydrogens is 292 g/mol. The van der Waals surface area contributed by atoms with E-state index in [4.69, 9.17) is 0 Å². The summed E-state index contributed by atoms with van der Waals surface area (Å²) in [6, 6.07) is 6.05. The van der Waals surface area contributed by atoms with E-state index in [-0.39, 0.29) is 15.8 Å². The highest BCUT2D eigenvalue weighted by molar-refractivity contribution is 7.92. The van der Waals surface area contributed by atoms with Crippen molar-refractivity contribution < 1.29 is 13.3 Å². The third-order valence-corrected chi connectivity index (χ3v) is 3.59. The third-order valence-electron chi connectivity index (χ3n) is 2.03. The summed E-state index contributed by atoms with van der Waals surface area (Å²) in [5.41, 5.74) is 0.191. The summed E-state index contributed by atoms with van der Waals surface area (Å²) in [6.07, 6.45) is 0.985. The van der Waals surface area contributed by atoms with E-state index in [1.807, 2.05) is 0 Å². The highest BCUT2D eigenvalue weighted by atomic mass is 32.2. The number of nitro groups is 1. The van der Waals surface area contributed by atoms with Gasteiger partial charge in [-0.25, -0.2) is 8.42 Å². The van der Waals surface area contributed by atoms with Gasteiger partial charge in [-0.1, -0.05) is 23.5 Å². The minimum Gasteiger partial charge on any atom is -0.258 e. The molecule has 0 amide bonds. The summed E-state index contributed by atoms with van der Waals surface area (Å²) >= 11 is 0.927. The molecule has 0 radical (unpaired) electrons. The standard InChI is InChI=1S/C9H8N4O4S2/c1-19(16,17)12-9-11-10-8(18-9)6-4-2-3-5-7(6)13(14)15/h2-5H,1H3,(H,11,12). The monoisotopic (exact) mass is 300 g/mol. The van der Waals surface area contributed by atoms with Gasteiger partial charge in [0.2, 0.25) is 15.2 Å². The van der Waals surface area contributed by atoms with Gasteiger partial charge in [0.15, 0.2) is 5.01 Å². The Morgan fingerprint density at radius 2 is 2.00 bits per heavy atom. The number of hydrogen-bond donors (Lipinski definition) is 1. The lowest BCUT2D eigenvalue weighted by molar-refractivity contribution is -0.384. The number of sulfonamides is 1. The molecule has 1 aromatic heterocycles. The van der Waals surface area contributed by atoms with Gasteiger partial charge in [-0.2, -0.15) is 0 Å².